The molecule has 0 aliphatic rings. The second-order valence-electron chi connectivity index (χ2n) is 4.71. The molecule has 2 rings (SSSR count). The highest BCUT2D eigenvalue weighted by atomic mass is 79.9. The summed E-state index contributed by atoms with van der Waals surface area (Å²) in [5.74, 6) is 0. The first-order valence-electron chi connectivity index (χ1n) is 6.07. The minimum absolute atomic E-state index is 0.648. The van der Waals surface area contributed by atoms with E-state index in [4.69, 9.17) is 0 Å². The molecular weight excluding hydrogens is 308 g/mol. The molecule has 0 aliphatic heterocycles. The second kappa shape index (κ2) is 5.55. The summed E-state index contributed by atoms with van der Waals surface area (Å²) in [6.45, 7) is 4.01. The Kier molecular flexibility index (Phi) is 4.25. The van der Waals surface area contributed by atoms with E-state index in [1.54, 1.807) is 11.3 Å². The Hall–Kier alpha value is -0.640. The lowest BCUT2D eigenvalue weighted by atomic mass is 9.91. The maximum atomic E-state index is 10.6. The van der Waals surface area contributed by atoms with Crippen LogP contribution in [0.1, 0.15) is 29.9 Å². The molecule has 0 bridgehead atoms. The van der Waals surface area contributed by atoms with E-state index in [0.29, 0.717) is 6.42 Å². The highest BCUT2D eigenvalue weighted by Crippen LogP contribution is 2.30. The van der Waals surface area contributed by atoms with Crippen LogP contribution in [0, 0.1) is 0 Å². The standard InChI is InChI=1S/C15H17BrOS/c1-3-11-4-6-12(7-5-11)15(2,17)10-13-8-9-14(16)18-13/h4-9,17H,3,10H2,1-2H3. The Bertz CT molecular complexity index is 514. The van der Waals surface area contributed by atoms with Gasteiger partial charge in [-0.3, -0.25) is 0 Å². The van der Waals surface area contributed by atoms with E-state index >= 15 is 0 Å². The van der Waals surface area contributed by atoms with Crippen LogP contribution in [-0.2, 0) is 18.4 Å². The molecule has 0 aliphatic carbocycles. The maximum absolute atomic E-state index is 10.6. The van der Waals surface area contributed by atoms with Crippen molar-refractivity contribution in [1.29, 1.82) is 0 Å². The first-order valence-corrected chi connectivity index (χ1v) is 7.68. The Morgan fingerprint density at radius 1 is 1.17 bits per heavy atom. The summed E-state index contributed by atoms with van der Waals surface area (Å²) >= 11 is 5.13. The van der Waals surface area contributed by atoms with Gasteiger partial charge < -0.3 is 5.11 Å². The fraction of sp³-hybridized carbons (Fsp3) is 0.333. The molecule has 0 saturated carbocycles. The minimum Gasteiger partial charge on any atom is -0.385 e. The van der Waals surface area contributed by atoms with Gasteiger partial charge in [0.25, 0.3) is 0 Å². The summed E-state index contributed by atoms with van der Waals surface area (Å²) in [5, 5.41) is 10.6. The molecule has 3 heteroatoms. The predicted octanol–water partition coefficient (Wildman–Crippen LogP) is 4.52. The Morgan fingerprint density at radius 2 is 1.83 bits per heavy atom. The summed E-state index contributed by atoms with van der Waals surface area (Å²) in [5.41, 5.74) is 1.47. The molecule has 1 heterocycles. The van der Waals surface area contributed by atoms with Crippen molar-refractivity contribution in [3.63, 3.8) is 0 Å². The number of rotatable bonds is 4. The van der Waals surface area contributed by atoms with Gasteiger partial charge in [0.05, 0.1) is 9.39 Å². The van der Waals surface area contributed by atoms with E-state index < -0.39 is 5.60 Å². The molecule has 0 saturated heterocycles. The molecule has 18 heavy (non-hydrogen) atoms. The van der Waals surface area contributed by atoms with Gasteiger partial charge in [-0.05, 0) is 52.5 Å². The van der Waals surface area contributed by atoms with Gasteiger partial charge in [-0.2, -0.15) is 0 Å². The van der Waals surface area contributed by atoms with Crippen LogP contribution >= 0.6 is 27.3 Å². The Labute approximate surface area is 121 Å². The van der Waals surface area contributed by atoms with Crippen molar-refractivity contribution in [1.82, 2.24) is 0 Å². The number of halogens is 1. The number of aryl methyl sites for hydroxylation is 1. The number of aliphatic hydroxyl groups is 1. The first-order chi connectivity index (χ1) is 8.51. The lowest BCUT2D eigenvalue weighted by Crippen LogP contribution is -2.23. The number of hydrogen-bond acceptors (Lipinski definition) is 2. The molecule has 0 radical (unpaired) electrons. The second-order valence-corrected chi connectivity index (χ2v) is 7.25. The van der Waals surface area contributed by atoms with Gasteiger partial charge in [-0.25, -0.2) is 0 Å². The van der Waals surface area contributed by atoms with Crippen molar-refractivity contribution in [3.05, 3.63) is 56.2 Å². The van der Waals surface area contributed by atoms with Crippen molar-refractivity contribution in [2.24, 2.45) is 0 Å². The van der Waals surface area contributed by atoms with Gasteiger partial charge in [-0.1, -0.05) is 31.2 Å². The molecule has 0 amide bonds. The van der Waals surface area contributed by atoms with Crippen molar-refractivity contribution >= 4 is 27.3 Å². The number of hydrogen-bond donors (Lipinski definition) is 1. The van der Waals surface area contributed by atoms with E-state index in [1.807, 2.05) is 25.1 Å². The molecule has 0 fully saturated rings. The zero-order valence-electron chi connectivity index (χ0n) is 10.6. The topological polar surface area (TPSA) is 20.2 Å². The van der Waals surface area contributed by atoms with Crippen molar-refractivity contribution in [2.45, 2.75) is 32.3 Å². The molecule has 1 unspecified atom stereocenters. The largest absolute Gasteiger partial charge is 0.385 e. The molecule has 1 aromatic heterocycles. The maximum Gasteiger partial charge on any atom is 0.0916 e. The van der Waals surface area contributed by atoms with Crippen LogP contribution in [0.2, 0.25) is 0 Å². The van der Waals surface area contributed by atoms with Gasteiger partial charge in [0.15, 0.2) is 0 Å². The third kappa shape index (κ3) is 3.22. The highest BCUT2D eigenvalue weighted by Gasteiger charge is 2.24. The fourth-order valence-corrected chi connectivity index (χ4v) is 3.62. The highest BCUT2D eigenvalue weighted by molar-refractivity contribution is 9.11. The summed E-state index contributed by atoms with van der Waals surface area (Å²) in [6, 6.07) is 12.3. The average Bonchev–Trinajstić information content (AvgIpc) is 2.74. The zero-order valence-corrected chi connectivity index (χ0v) is 13.0. The lowest BCUT2D eigenvalue weighted by molar-refractivity contribution is 0.0585. The lowest BCUT2D eigenvalue weighted by Gasteiger charge is -2.23. The van der Waals surface area contributed by atoms with Crippen molar-refractivity contribution in [2.75, 3.05) is 0 Å². The molecule has 1 atom stereocenters. The number of thiophene rings is 1. The number of benzene rings is 1. The summed E-state index contributed by atoms with van der Waals surface area (Å²) in [4.78, 5) is 1.19. The van der Waals surface area contributed by atoms with Gasteiger partial charge in [0.1, 0.15) is 0 Å². The van der Waals surface area contributed by atoms with Gasteiger partial charge in [-0.15, -0.1) is 11.3 Å². The van der Waals surface area contributed by atoms with Crippen LogP contribution in [0.5, 0.6) is 0 Å². The normalized spacial score (nSPS) is 14.4. The summed E-state index contributed by atoms with van der Waals surface area (Å²) in [6.07, 6.45) is 1.68. The van der Waals surface area contributed by atoms with Crippen molar-refractivity contribution < 1.29 is 5.11 Å². The predicted molar refractivity (Wildman–Crippen MR) is 81.1 cm³/mol. The van der Waals surface area contributed by atoms with Gasteiger partial charge >= 0.3 is 0 Å². The molecule has 2 aromatic rings. The fourth-order valence-electron chi connectivity index (χ4n) is 1.99. The van der Waals surface area contributed by atoms with Crippen molar-refractivity contribution in [3.8, 4) is 0 Å². The van der Waals surface area contributed by atoms with Crippen LogP contribution in [0.3, 0.4) is 0 Å². The monoisotopic (exact) mass is 324 g/mol. The average molecular weight is 325 g/mol. The summed E-state index contributed by atoms with van der Waals surface area (Å²) < 4.78 is 1.11. The van der Waals surface area contributed by atoms with Gasteiger partial charge in [0, 0.05) is 11.3 Å². The molecule has 1 N–H and O–H groups in total. The van der Waals surface area contributed by atoms with E-state index in [9.17, 15) is 5.11 Å². The molecule has 96 valence electrons. The first kappa shape index (κ1) is 13.8. The summed E-state index contributed by atoms with van der Waals surface area (Å²) in [7, 11) is 0. The smallest absolute Gasteiger partial charge is 0.0916 e. The van der Waals surface area contributed by atoms with E-state index in [0.717, 1.165) is 15.8 Å². The third-order valence-electron chi connectivity index (χ3n) is 3.13. The Balaban J connectivity index is 2.18. The zero-order chi connectivity index (χ0) is 13.2. The third-order valence-corrected chi connectivity index (χ3v) is 4.76. The quantitative estimate of drug-likeness (QED) is 0.876. The van der Waals surface area contributed by atoms with Crippen LogP contribution in [0.15, 0.2) is 40.2 Å². The van der Waals surface area contributed by atoms with Gasteiger partial charge in [0.2, 0.25) is 0 Å². The molecule has 1 nitrogen and oxygen atoms in total. The van der Waals surface area contributed by atoms with Crippen LogP contribution in [0.25, 0.3) is 0 Å². The van der Waals surface area contributed by atoms with Crippen LogP contribution < -0.4 is 0 Å². The molecule has 1 aromatic carbocycles. The molecule has 0 spiro atoms. The van der Waals surface area contributed by atoms with Crippen LogP contribution in [-0.4, -0.2) is 5.11 Å². The van der Waals surface area contributed by atoms with E-state index in [2.05, 4.69) is 41.1 Å². The molecular formula is C15H17BrOS. The van der Waals surface area contributed by atoms with E-state index in [-0.39, 0.29) is 0 Å². The van der Waals surface area contributed by atoms with E-state index in [1.165, 1.54) is 10.4 Å². The van der Waals surface area contributed by atoms with Crippen LogP contribution in [0.4, 0.5) is 0 Å². The minimum atomic E-state index is -0.809. The SMILES string of the molecule is CCc1ccc(C(C)(O)Cc2ccc(Br)s2)cc1. The Morgan fingerprint density at radius 3 is 2.33 bits per heavy atom.